The van der Waals surface area contributed by atoms with Gasteiger partial charge in [0, 0.05) is 5.70 Å². The molecular weight excluding hydrogens is 230 g/mol. The second-order valence-electron chi connectivity index (χ2n) is 2.72. The molecule has 0 radical (unpaired) electrons. The molecule has 16 heavy (non-hydrogen) atoms. The maximum atomic E-state index is 8.70. The molecule has 0 spiro atoms. The average molecular weight is 236 g/mol. The Hall–Kier alpha value is -2.31. The molecule has 1 rings (SSSR count). The van der Waals surface area contributed by atoms with E-state index in [1.165, 1.54) is 0 Å². The lowest BCUT2D eigenvalue weighted by Crippen LogP contribution is -2.17. The fraction of sp³-hybridized carbons (Fsp3) is 0.111. The number of rotatable bonds is 3. The summed E-state index contributed by atoms with van der Waals surface area (Å²) in [6, 6.07) is 3.42. The van der Waals surface area contributed by atoms with Crippen molar-refractivity contribution in [2.24, 2.45) is 0 Å². The Balaban J connectivity index is 3.09. The van der Waals surface area contributed by atoms with Crippen LogP contribution >= 0.6 is 11.6 Å². The fourth-order valence-corrected chi connectivity index (χ4v) is 0.921. The lowest BCUT2D eigenvalue weighted by Gasteiger charge is -2.07. The summed E-state index contributed by atoms with van der Waals surface area (Å²) in [4.78, 5) is 12.3. The predicted octanol–water partition coefficient (Wildman–Crippen LogP) is 1.29. The van der Waals surface area contributed by atoms with Crippen molar-refractivity contribution in [1.82, 2.24) is 15.4 Å². The predicted molar refractivity (Wildman–Crippen MR) is 55.0 cm³/mol. The van der Waals surface area contributed by atoms with Gasteiger partial charge < -0.3 is 4.84 Å². The molecule has 1 aromatic heterocycles. The van der Waals surface area contributed by atoms with Crippen LogP contribution in [0.4, 0.5) is 0 Å². The highest BCUT2D eigenvalue weighted by Gasteiger charge is 2.13. The molecule has 0 fully saturated rings. The highest BCUT2D eigenvalue weighted by atomic mass is 35.5. The first kappa shape index (κ1) is 11.8. The van der Waals surface area contributed by atoms with E-state index in [1.807, 2.05) is 0 Å². The van der Waals surface area contributed by atoms with Crippen LogP contribution in [0.5, 0.6) is 5.88 Å². The van der Waals surface area contributed by atoms with E-state index in [0.29, 0.717) is 5.70 Å². The summed E-state index contributed by atoms with van der Waals surface area (Å²) >= 11 is 5.69. The normalized spacial score (nSPS) is 8.75. The molecule has 0 aliphatic carbocycles. The third-order valence-corrected chi connectivity index (χ3v) is 1.60. The van der Waals surface area contributed by atoms with Gasteiger partial charge in [-0.05, 0) is 6.92 Å². The van der Waals surface area contributed by atoms with Gasteiger partial charge in [0.1, 0.15) is 12.1 Å². The minimum atomic E-state index is -0.148. The standard InChI is InChI=1S/C9H6ClN5O/c1-5(2)15-16-9-8(10)13-6(3-11)7(4-12)14-9/h15H,1H2,2H3. The molecule has 0 atom stereocenters. The van der Waals surface area contributed by atoms with Gasteiger partial charge in [0.25, 0.3) is 5.88 Å². The zero-order chi connectivity index (χ0) is 12.1. The van der Waals surface area contributed by atoms with Crippen molar-refractivity contribution in [3.63, 3.8) is 0 Å². The molecule has 0 aromatic carbocycles. The number of nitrogens with one attached hydrogen (secondary N) is 1. The van der Waals surface area contributed by atoms with Crippen molar-refractivity contribution in [2.75, 3.05) is 0 Å². The number of nitriles is 2. The Bertz CT molecular complexity index is 514. The number of hydrogen-bond acceptors (Lipinski definition) is 6. The average Bonchev–Trinajstić information content (AvgIpc) is 2.26. The maximum Gasteiger partial charge on any atom is 0.284 e. The number of allylic oxidation sites excluding steroid dienone is 1. The van der Waals surface area contributed by atoms with E-state index in [2.05, 4.69) is 22.0 Å². The molecule has 0 aliphatic heterocycles. The van der Waals surface area contributed by atoms with E-state index >= 15 is 0 Å². The first-order valence-electron chi connectivity index (χ1n) is 4.04. The smallest absolute Gasteiger partial charge is 0.284 e. The lowest BCUT2D eigenvalue weighted by molar-refractivity contribution is 0.219. The van der Waals surface area contributed by atoms with Crippen molar-refractivity contribution in [1.29, 1.82) is 10.5 Å². The molecule has 7 heteroatoms. The van der Waals surface area contributed by atoms with Gasteiger partial charge in [-0.2, -0.15) is 15.5 Å². The summed E-state index contributed by atoms with van der Waals surface area (Å²) in [7, 11) is 0. The van der Waals surface area contributed by atoms with E-state index in [1.54, 1.807) is 19.1 Å². The molecule has 0 aliphatic rings. The molecule has 0 saturated heterocycles. The van der Waals surface area contributed by atoms with Crippen LogP contribution in [-0.2, 0) is 0 Å². The van der Waals surface area contributed by atoms with Crippen LogP contribution in [0.2, 0.25) is 5.15 Å². The van der Waals surface area contributed by atoms with Crippen molar-refractivity contribution in [3.8, 4) is 18.0 Å². The number of nitrogens with zero attached hydrogens (tertiary/aromatic N) is 4. The van der Waals surface area contributed by atoms with Gasteiger partial charge in [0.15, 0.2) is 16.5 Å². The Kier molecular flexibility index (Phi) is 3.65. The summed E-state index contributed by atoms with van der Waals surface area (Å²) < 4.78 is 0. The minimum absolute atomic E-state index is 0.0831. The zero-order valence-electron chi connectivity index (χ0n) is 8.28. The highest BCUT2D eigenvalue weighted by Crippen LogP contribution is 2.20. The first-order chi connectivity index (χ1) is 7.58. The second-order valence-corrected chi connectivity index (χ2v) is 3.08. The summed E-state index contributed by atoms with van der Waals surface area (Å²) in [5, 5.41) is 17.2. The van der Waals surface area contributed by atoms with Gasteiger partial charge in [0.2, 0.25) is 0 Å². The number of aromatic nitrogens is 2. The fourth-order valence-electron chi connectivity index (χ4n) is 0.756. The number of halogens is 1. The van der Waals surface area contributed by atoms with Crippen molar-refractivity contribution in [2.45, 2.75) is 6.92 Å². The number of hydrogen-bond donors (Lipinski definition) is 1. The van der Waals surface area contributed by atoms with E-state index in [4.69, 9.17) is 27.0 Å². The molecule has 0 saturated carbocycles. The highest BCUT2D eigenvalue weighted by molar-refractivity contribution is 6.30. The van der Waals surface area contributed by atoms with Gasteiger partial charge in [-0.25, -0.2) is 10.5 Å². The monoisotopic (exact) mass is 235 g/mol. The van der Waals surface area contributed by atoms with Crippen LogP contribution in [0.25, 0.3) is 0 Å². The number of hydroxylamine groups is 1. The Labute approximate surface area is 96.7 Å². The van der Waals surface area contributed by atoms with Gasteiger partial charge in [-0.15, -0.1) is 0 Å². The van der Waals surface area contributed by atoms with Crippen molar-refractivity contribution >= 4 is 11.6 Å². The molecule has 6 nitrogen and oxygen atoms in total. The zero-order valence-corrected chi connectivity index (χ0v) is 9.04. The second kappa shape index (κ2) is 4.96. The molecular formula is C9H6ClN5O. The molecule has 1 heterocycles. The Morgan fingerprint density at radius 2 is 1.94 bits per heavy atom. The van der Waals surface area contributed by atoms with Crippen molar-refractivity contribution in [3.05, 3.63) is 28.8 Å². The first-order valence-corrected chi connectivity index (χ1v) is 4.42. The van der Waals surface area contributed by atoms with Crippen LogP contribution in [0, 0.1) is 22.7 Å². The third kappa shape index (κ3) is 2.59. The van der Waals surface area contributed by atoms with Gasteiger partial charge in [0.05, 0.1) is 0 Å². The lowest BCUT2D eigenvalue weighted by atomic mass is 10.3. The molecule has 80 valence electrons. The molecule has 1 N–H and O–H groups in total. The Morgan fingerprint density at radius 3 is 2.44 bits per heavy atom. The van der Waals surface area contributed by atoms with E-state index in [9.17, 15) is 0 Å². The summed E-state index contributed by atoms with van der Waals surface area (Å²) in [5.74, 6) is -0.0831. The third-order valence-electron chi connectivity index (χ3n) is 1.36. The van der Waals surface area contributed by atoms with Gasteiger partial charge >= 0.3 is 0 Å². The van der Waals surface area contributed by atoms with Crippen LogP contribution in [0.15, 0.2) is 12.3 Å². The molecule has 0 bridgehead atoms. The molecule has 0 unspecified atom stereocenters. The van der Waals surface area contributed by atoms with Crippen LogP contribution < -0.4 is 10.3 Å². The van der Waals surface area contributed by atoms with Gasteiger partial charge in [-0.3, -0.25) is 0 Å². The SMILES string of the molecule is C=C(C)NOc1nc(C#N)c(C#N)nc1Cl. The van der Waals surface area contributed by atoms with Crippen LogP contribution in [0.3, 0.4) is 0 Å². The van der Waals surface area contributed by atoms with Gasteiger partial charge in [-0.1, -0.05) is 18.2 Å². The van der Waals surface area contributed by atoms with E-state index in [0.717, 1.165) is 0 Å². The van der Waals surface area contributed by atoms with Crippen LogP contribution in [-0.4, -0.2) is 9.97 Å². The topological polar surface area (TPSA) is 94.6 Å². The maximum absolute atomic E-state index is 8.70. The van der Waals surface area contributed by atoms with E-state index < -0.39 is 0 Å². The van der Waals surface area contributed by atoms with Crippen molar-refractivity contribution < 1.29 is 4.84 Å². The summed E-state index contributed by atoms with van der Waals surface area (Å²) in [6.45, 7) is 5.19. The summed E-state index contributed by atoms with van der Waals surface area (Å²) in [5.41, 5.74) is 2.66. The quantitative estimate of drug-likeness (QED) is 0.794. The largest absolute Gasteiger partial charge is 0.359 e. The van der Waals surface area contributed by atoms with Crippen LogP contribution in [0.1, 0.15) is 18.3 Å². The van der Waals surface area contributed by atoms with E-state index in [-0.39, 0.29) is 22.4 Å². The summed E-state index contributed by atoms with van der Waals surface area (Å²) in [6.07, 6.45) is 0. The molecule has 1 aromatic rings. The minimum Gasteiger partial charge on any atom is -0.359 e. The molecule has 0 amide bonds. The Morgan fingerprint density at radius 1 is 1.38 bits per heavy atom.